The summed E-state index contributed by atoms with van der Waals surface area (Å²) in [5, 5.41) is 7.82. The van der Waals surface area contributed by atoms with Crippen LogP contribution in [0.4, 0.5) is 16.2 Å². The number of carbonyl (C=O) groups is 1. The van der Waals surface area contributed by atoms with Crippen LogP contribution in [0, 0.1) is 0 Å². The molecule has 1 heterocycles. The van der Waals surface area contributed by atoms with E-state index in [1.54, 1.807) is 14.2 Å². The molecule has 7 nitrogen and oxygen atoms in total. The van der Waals surface area contributed by atoms with Gasteiger partial charge >= 0.3 is 6.09 Å². The summed E-state index contributed by atoms with van der Waals surface area (Å²) >= 11 is 0. The summed E-state index contributed by atoms with van der Waals surface area (Å²) in [7, 11) is 4.81. The number of nitrogens with zero attached hydrogens (tertiary/aromatic N) is 1. The molecule has 4 rings (SSSR count). The van der Waals surface area contributed by atoms with Gasteiger partial charge < -0.3 is 24.8 Å². The van der Waals surface area contributed by atoms with E-state index in [0.717, 1.165) is 50.2 Å². The van der Waals surface area contributed by atoms with Crippen LogP contribution >= 0.6 is 0 Å². The molecular weight excluding hydrogens is 394 g/mol. The number of nitrogens with one attached hydrogen (secondary N) is 2. The Hall–Kier alpha value is -4.00. The predicted octanol–water partition coefficient (Wildman–Crippen LogP) is 5.00. The zero-order valence-electron chi connectivity index (χ0n) is 17.6. The summed E-state index contributed by atoms with van der Waals surface area (Å²) in [6.45, 7) is 0.175. The molecule has 0 unspecified atom stereocenters. The number of carbonyl (C=O) groups excluding carboxylic acids is 1. The van der Waals surface area contributed by atoms with Gasteiger partial charge in [0.1, 0.15) is 18.1 Å². The van der Waals surface area contributed by atoms with Crippen molar-refractivity contribution < 1.29 is 19.0 Å². The Labute approximate surface area is 179 Å². The smallest absolute Gasteiger partial charge is 0.407 e. The molecule has 7 heteroatoms. The number of alkyl carbamates (subject to hydrolysis) is 1. The van der Waals surface area contributed by atoms with Gasteiger partial charge in [-0.1, -0.05) is 12.1 Å². The SMILES string of the molecule is CNC(=O)OCc1cccc(Nc2c3cc(OC)ccc3nc3ccc(OC)cc23)c1. The number of ether oxygens (including phenoxy) is 3. The number of hydrogen-bond acceptors (Lipinski definition) is 6. The molecule has 1 amide bonds. The maximum atomic E-state index is 11.4. The van der Waals surface area contributed by atoms with Crippen LogP contribution in [-0.4, -0.2) is 32.3 Å². The van der Waals surface area contributed by atoms with Gasteiger partial charge in [-0.3, -0.25) is 0 Å². The minimum Gasteiger partial charge on any atom is -0.497 e. The van der Waals surface area contributed by atoms with Crippen LogP contribution in [-0.2, 0) is 11.3 Å². The molecular formula is C24H23N3O4. The monoisotopic (exact) mass is 417 g/mol. The second-order valence-electron chi connectivity index (χ2n) is 6.90. The molecule has 0 atom stereocenters. The highest BCUT2D eigenvalue weighted by molar-refractivity contribution is 6.09. The predicted molar refractivity (Wildman–Crippen MR) is 121 cm³/mol. The van der Waals surface area contributed by atoms with E-state index in [9.17, 15) is 4.79 Å². The quantitative estimate of drug-likeness (QED) is 0.430. The average Bonchev–Trinajstić information content (AvgIpc) is 2.82. The van der Waals surface area contributed by atoms with Gasteiger partial charge in [-0.15, -0.1) is 0 Å². The molecule has 0 aliphatic carbocycles. The Kier molecular flexibility index (Phi) is 5.75. The fourth-order valence-corrected chi connectivity index (χ4v) is 3.39. The van der Waals surface area contributed by atoms with Crippen molar-refractivity contribution in [2.75, 3.05) is 26.6 Å². The Morgan fingerprint density at radius 3 is 2.13 bits per heavy atom. The van der Waals surface area contributed by atoms with Crippen molar-refractivity contribution in [1.29, 1.82) is 0 Å². The number of methoxy groups -OCH3 is 2. The number of hydrogen-bond donors (Lipinski definition) is 2. The summed E-state index contributed by atoms with van der Waals surface area (Å²) in [6, 6.07) is 19.3. The van der Waals surface area contributed by atoms with Crippen LogP contribution in [0.1, 0.15) is 5.56 Å². The molecule has 4 aromatic rings. The summed E-state index contributed by atoms with van der Waals surface area (Å²) in [4.78, 5) is 16.2. The molecule has 158 valence electrons. The van der Waals surface area contributed by atoms with Crippen molar-refractivity contribution in [2.24, 2.45) is 0 Å². The number of fused-ring (bicyclic) bond motifs is 2. The second kappa shape index (κ2) is 8.79. The van der Waals surface area contributed by atoms with Gasteiger partial charge in [-0.2, -0.15) is 0 Å². The molecule has 0 fully saturated rings. The third kappa shape index (κ3) is 4.30. The van der Waals surface area contributed by atoms with E-state index < -0.39 is 6.09 Å². The highest BCUT2D eigenvalue weighted by Crippen LogP contribution is 2.36. The molecule has 0 aliphatic rings. The van der Waals surface area contributed by atoms with Gasteiger partial charge in [-0.25, -0.2) is 9.78 Å². The van der Waals surface area contributed by atoms with Crippen LogP contribution < -0.4 is 20.1 Å². The number of anilines is 2. The molecule has 0 radical (unpaired) electrons. The maximum Gasteiger partial charge on any atom is 0.407 e. The number of amides is 1. The highest BCUT2D eigenvalue weighted by Gasteiger charge is 2.12. The largest absolute Gasteiger partial charge is 0.497 e. The van der Waals surface area contributed by atoms with Gasteiger partial charge in [0.15, 0.2) is 0 Å². The molecule has 2 N–H and O–H groups in total. The third-order valence-corrected chi connectivity index (χ3v) is 4.96. The van der Waals surface area contributed by atoms with E-state index in [1.807, 2.05) is 60.7 Å². The molecule has 0 saturated carbocycles. The van der Waals surface area contributed by atoms with Crippen molar-refractivity contribution in [3.63, 3.8) is 0 Å². The third-order valence-electron chi connectivity index (χ3n) is 4.96. The molecule has 31 heavy (non-hydrogen) atoms. The topological polar surface area (TPSA) is 81.7 Å². The molecule has 0 spiro atoms. The lowest BCUT2D eigenvalue weighted by molar-refractivity contribution is 0.142. The van der Waals surface area contributed by atoms with E-state index in [0.29, 0.717) is 0 Å². The standard InChI is InChI=1S/C24H23N3O4/c1-25-24(28)31-14-15-5-4-6-16(11-15)26-23-19-12-17(29-2)7-9-21(19)27-22-10-8-18(30-3)13-20(22)23/h4-13H,14H2,1-3H3,(H,25,28)(H,26,27). The fraction of sp³-hybridized carbons (Fsp3) is 0.167. The van der Waals surface area contributed by atoms with Crippen LogP contribution in [0.15, 0.2) is 60.7 Å². The van der Waals surface area contributed by atoms with Crippen molar-refractivity contribution in [3.8, 4) is 11.5 Å². The number of pyridine rings is 1. The Morgan fingerprint density at radius 2 is 1.55 bits per heavy atom. The zero-order valence-corrected chi connectivity index (χ0v) is 17.6. The van der Waals surface area contributed by atoms with Gasteiger partial charge in [-0.05, 0) is 54.1 Å². The normalized spacial score (nSPS) is 10.7. The van der Waals surface area contributed by atoms with E-state index in [1.165, 1.54) is 7.05 Å². The number of rotatable bonds is 6. The van der Waals surface area contributed by atoms with E-state index in [4.69, 9.17) is 19.2 Å². The maximum absolute atomic E-state index is 11.4. The summed E-state index contributed by atoms with van der Waals surface area (Å²) in [5.41, 5.74) is 4.31. The lowest BCUT2D eigenvalue weighted by atomic mass is 10.1. The lowest BCUT2D eigenvalue weighted by Crippen LogP contribution is -2.18. The minimum atomic E-state index is -0.469. The molecule has 0 aliphatic heterocycles. The van der Waals surface area contributed by atoms with Crippen LogP contribution in [0.2, 0.25) is 0 Å². The van der Waals surface area contributed by atoms with E-state index >= 15 is 0 Å². The first-order chi connectivity index (χ1) is 15.1. The van der Waals surface area contributed by atoms with Gasteiger partial charge in [0, 0.05) is 23.5 Å². The van der Waals surface area contributed by atoms with Gasteiger partial charge in [0.05, 0.1) is 30.9 Å². The fourth-order valence-electron chi connectivity index (χ4n) is 3.39. The molecule has 0 bridgehead atoms. The number of aromatic nitrogens is 1. The van der Waals surface area contributed by atoms with E-state index in [2.05, 4.69) is 10.6 Å². The Balaban J connectivity index is 1.81. The average molecular weight is 417 g/mol. The second-order valence-corrected chi connectivity index (χ2v) is 6.90. The Bertz CT molecular complexity index is 1190. The first-order valence-corrected chi connectivity index (χ1v) is 9.77. The summed E-state index contributed by atoms with van der Waals surface area (Å²) in [6.07, 6.45) is -0.469. The Morgan fingerprint density at radius 1 is 0.903 bits per heavy atom. The van der Waals surface area contributed by atoms with Crippen LogP contribution in [0.5, 0.6) is 11.5 Å². The summed E-state index contributed by atoms with van der Waals surface area (Å²) < 4.78 is 16.0. The van der Waals surface area contributed by atoms with Crippen molar-refractivity contribution in [3.05, 3.63) is 66.2 Å². The highest BCUT2D eigenvalue weighted by atomic mass is 16.5. The lowest BCUT2D eigenvalue weighted by Gasteiger charge is -2.15. The van der Waals surface area contributed by atoms with Crippen molar-refractivity contribution in [2.45, 2.75) is 6.61 Å². The van der Waals surface area contributed by atoms with Crippen LogP contribution in [0.25, 0.3) is 21.8 Å². The van der Waals surface area contributed by atoms with Crippen molar-refractivity contribution >= 4 is 39.3 Å². The zero-order chi connectivity index (χ0) is 21.8. The van der Waals surface area contributed by atoms with Gasteiger partial charge in [0.2, 0.25) is 0 Å². The van der Waals surface area contributed by atoms with Crippen LogP contribution in [0.3, 0.4) is 0 Å². The number of benzene rings is 3. The minimum absolute atomic E-state index is 0.175. The first-order valence-electron chi connectivity index (χ1n) is 9.77. The van der Waals surface area contributed by atoms with E-state index in [-0.39, 0.29) is 6.61 Å². The molecule has 3 aromatic carbocycles. The molecule has 1 aromatic heterocycles. The first kappa shape index (κ1) is 20.3. The van der Waals surface area contributed by atoms with Gasteiger partial charge in [0.25, 0.3) is 0 Å². The molecule has 0 saturated heterocycles. The van der Waals surface area contributed by atoms with Crippen molar-refractivity contribution in [1.82, 2.24) is 10.3 Å². The summed E-state index contributed by atoms with van der Waals surface area (Å²) in [5.74, 6) is 1.49.